The molecule has 6 aromatic rings. The molecule has 0 radical (unpaired) electrons. The molecular weight excluding hydrogens is 1370 g/mol. The molecule has 0 fully saturated rings. The highest BCUT2D eigenvalue weighted by Gasteiger charge is 2.42. The van der Waals surface area contributed by atoms with Crippen LogP contribution in [0.15, 0.2) is 140 Å². The van der Waals surface area contributed by atoms with Gasteiger partial charge in [0, 0.05) is 37.6 Å². The number of carbonyl (C=O) groups is 13. The van der Waals surface area contributed by atoms with Gasteiger partial charge >= 0.3 is 11.9 Å². The number of carboxylic acids is 2. The number of imidazole rings is 1. The topological polar surface area (TPSA) is 504 Å². The highest BCUT2D eigenvalue weighted by atomic mass is 16.4. The van der Waals surface area contributed by atoms with Gasteiger partial charge in [-0.3, -0.25) is 62.3 Å². The third-order valence-corrected chi connectivity index (χ3v) is 17.4. The number of nitrogens with two attached hydrogens (primary N) is 2. The van der Waals surface area contributed by atoms with E-state index in [-0.39, 0.29) is 32.1 Å². The number of nitrogens with one attached hydrogen (secondary N) is 11. The molecule has 0 saturated heterocycles. The lowest BCUT2D eigenvalue weighted by molar-refractivity contribution is -0.142. The zero-order chi connectivity index (χ0) is 77.8. The number of aromatic nitrogens is 2. The van der Waals surface area contributed by atoms with Crippen molar-refractivity contribution in [2.45, 2.75) is 172 Å². The Morgan fingerprint density at radius 3 is 1.64 bits per heavy atom. The van der Waals surface area contributed by atoms with Crippen molar-refractivity contribution in [3.05, 3.63) is 173 Å². The van der Waals surface area contributed by atoms with Crippen LogP contribution in [0.5, 0.6) is 0 Å². The number of carboxylic acid groups (broad SMARTS) is 2. The summed E-state index contributed by atoms with van der Waals surface area (Å²) in [5.41, 5.74) is 17.7. The van der Waals surface area contributed by atoms with Crippen LogP contribution in [0, 0.1) is 6.92 Å². The Balaban J connectivity index is 1.16. The maximum Gasteiger partial charge on any atom is 0.305 e. The van der Waals surface area contributed by atoms with E-state index >= 15 is 0 Å². The van der Waals surface area contributed by atoms with Gasteiger partial charge in [-0.2, -0.15) is 0 Å². The summed E-state index contributed by atoms with van der Waals surface area (Å²) in [7, 11) is 0. The van der Waals surface area contributed by atoms with E-state index in [1.165, 1.54) is 26.4 Å². The number of unbranched alkanes of at least 4 members (excludes halogenated alkanes) is 1. The third-order valence-electron chi connectivity index (χ3n) is 17.4. The Hall–Kier alpha value is -11.7. The van der Waals surface area contributed by atoms with E-state index < -0.39 is 169 Å². The average Bonchev–Trinajstić information content (AvgIpc) is 0.849. The Kier molecular flexibility index (Phi) is 31.7. The number of carbonyl (C=O) groups excluding carboxylic acids is 11. The molecule has 0 aliphatic heterocycles. The van der Waals surface area contributed by atoms with Gasteiger partial charge in [0.15, 0.2) is 0 Å². The number of rotatable bonds is 41. The van der Waals surface area contributed by atoms with Gasteiger partial charge < -0.3 is 90.0 Å². The molecule has 566 valence electrons. The number of aryl methyl sites for hydroxylation is 2. The van der Waals surface area contributed by atoms with Crippen LogP contribution in [-0.2, 0) is 94.4 Å². The number of hydrogen-bond acceptors (Lipinski definition) is 17. The second kappa shape index (κ2) is 40.4. The van der Waals surface area contributed by atoms with Gasteiger partial charge in [-0.25, -0.2) is 4.98 Å². The summed E-state index contributed by atoms with van der Waals surface area (Å²) in [6, 6.07) is 23.5. The summed E-state index contributed by atoms with van der Waals surface area (Å²) in [6.07, 6.45) is -0.0950. The molecule has 5 aromatic carbocycles. The van der Waals surface area contributed by atoms with Gasteiger partial charge in [0.05, 0.1) is 44.5 Å². The highest BCUT2D eigenvalue weighted by Crippen LogP contribution is 2.27. The maximum atomic E-state index is 14.7. The number of H-pyrrole nitrogens is 1. The molecule has 0 unspecified atom stereocenters. The van der Waals surface area contributed by atoms with Gasteiger partial charge in [0.2, 0.25) is 65.0 Å². The molecule has 0 aliphatic rings. The summed E-state index contributed by atoms with van der Waals surface area (Å²) < 4.78 is 0. The summed E-state index contributed by atoms with van der Waals surface area (Å²) in [5, 5.41) is 65.4. The van der Waals surface area contributed by atoms with Gasteiger partial charge in [-0.05, 0) is 90.6 Å². The minimum Gasteiger partial charge on any atom is -0.481 e. The molecule has 31 heteroatoms. The van der Waals surface area contributed by atoms with E-state index in [0.717, 1.165) is 46.7 Å². The monoisotopic (exact) mass is 1460 g/mol. The molecule has 19 N–H and O–H groups in total. The lowest BCUT2D eigenvalue weighted by Crippen LogP contribution is -2.66. The van der Waals surface area contributed by atoms with Crippen molar-refractivity contribution in [2.24, 2.45) is 11.5 Å². The van der Waals surface area contributed by atoms with E-state index in [4.69, 9.17) is 11.5 Å². The molecule has 0 saturated carbocycles. The van der Waals surface area contributed by atoms with E-state index in [1.54, 1.807) is 61.5 Å². The van der Waals surface area contributed by atoms with E-state index in [1.807, 2.05) is 86.6 Å². The highest BCUT2D eigenvalue weighted by molar-refractivity contribution is 6.01. The SMILES string of the molecule is CCCC[C@H](NC(=O)CNC(=O)[C@H](CC(=O)O)NC(=O)[C@H](C)NC(=O)[C@@H](N)Cc1cnc[nH]1)C(=O)N[C@@](C)(Cc1ccccc1)C(=O)N[C@H](C(=O)N[C@@H](CO)C(=O)N[C@@H](CC(=O)O)C(=O)N[C@@H](Cc1ccc(-c2ccccc2CC)cc1)C(=O)N[C@@H](Cc1ccc(-c2ccccc2C)cc1)C(N)=O)[C@@H](C)O. The normalized spacial score (nSPS) is 14.5. The Labute approximate surface area is 612 Å². The van der Waals surface area contributed by atoms with Crippen LogP contribution in [0.1, 0.15) is 100 Å². The molecule has 0 aliphatic carbocycles. The minimum absolute atomic E-state index is 0.0377. The van der Waals surface area contributed by atoms with Gasteiger partial charge in [0.25, 0.3) is 0 Å². The lowest BCUT2D eigenvalue weighted by atomic mass is 9.90. The van der Waals surface area contributed by atoms with Crippen molar-refractivity contribution in [1.29, 1.82) is 0 Å². The number of aliphatic carboxylic acids is 2. The van der Waals surface area contributed by atoms with Crippen LogP contribution < -0.4 is 64.6 Å². The van der Waals surface area contributed by atoms with Gasteiger partial charge in [-0.15, -0.1) is 0 Å². The molecular formula is C75H94N14O17. The first kappa shape index (κ1) is 83.2. The Morgan fingerprint density at radius 1 is 0.547 bits per heavy atom. The number of hydrogen-bond donors (Lipinski definition) is 17. The fraction of sp³-hybridized carbons (Fsp3) is 0.387. The van der Waals surface area contributed by atoms with Crippen molar-refractivity contribution < 1.29 is 82.8 Å². The molecule has 0 spiro atoms. The zero-order valence-corrected chi connectivity index (χ0v) is 59.7. The average molecular weight is 1460 g/mol. The molecule has 0 bridgehead atoms. The van der Waals surface area contributed by atoms with Crippen LogP contribution in [0.4, 0.5) is 0 Å². The molecule has 11 atom stereocenters. The zero-order valence-electron chi connectivity index (χ0n) is 59.7. The van der Waals surface area contributed by atoms with Crippen LogP contribution in [0.25, 0.3) is 22.3 Å². The first-order valence-electron chi connectivity index (χ1n) is 34.6. The van der Waals surface area contributed by atoms with Crippen molar-refractivity contribution in [3.8, 4) is 22.3 Å². The number of primary amides is 1. The standard InChI is InChI=1S/C75H94N14O17/c1-7-9-23-55(82-61(92)39-79-68(100)58(35-62(93)94)84-66(98)43(4)81-67(99)54(76)34-51-38-78-41-80-51)72(104)89-75(6,37-47-18-11-10-12-19-47)74(106)88-64(44(5)91)73(105)87-60(40-90)71(103)86-59(36-63(95)96)70(102)85-57(33-46-26-30-50(31-27-46)53-22-16-14-20-48(53)8-2)69(101)83-56(65(77)97)32-45-24-28-49(29-25-45)52-21-15-13-17-42(52)3/h10-22,24-31,38,41,43-44,54-60,64,90-91H,7-9,23,32-37,39-40,76H2,1-6H3,(H2,77,97)(H,78,80)(H,79,100)(H,81,99)(H,82,92)(H,83,101)(H,84,98)(H,85,102)(H,86,103)(H,87,105)(H,88,106)(H,89,104)(H,93,94)(H,95,96)/t43-,44+,54-,55-,56-,57-,58-,59-,60-,64-,75-/m0/s1. The number of aromatic amines is 1. The van der Waals surface area contributed by atoms with Crippen molar-refractivity contribution in [1.82, 2.24) is 63.1 Å². The van der Waals surface area contributed by atoms with E-state index in [9.17, 15) is 82.8 Å². The largest absolute Gasteiger partial charge is 0.481 e. The predicted molar refractivity (Wildman–Crippen MR) is 388 cm³/mol. The first-order valence-corrected chi connectivity index (χ1v) is 34.6. The van der Waals surface area contributed by atoms with E-state index in [0.29, 0.717) is 35.2 Å². The van der Waals surface area contributed by atoms with Crippen LogP contribution in [0.2, 0.25) is 0 Å². The van der Waals surface area contributed by atoms with Crippen LogP contribution in [0.3, 0.4) is 0 Å². The fourth-order valence-corrected chi connectivity index (χ4v) is 11.5. The summed E-state index contributed by atoms with van der Waals surface area (Å²) in [5.74, 6) is -14.7. The molecule has 1 heterocycles. The summed E-state index contributed by atoms with van der Waals surface area (Å²) >= 11 is 0. The van der Waals surface area contributed by atoms with Gasteiger partial charge in [0.1, 0.15) is 53.9 Å². The third kappa shape index (κ3) is 25.3. The second-order valence-corrected chi connectivity index (χ2v) is 26.0. The van der Waals surface area contributed by atoms with Crippen molar-refractivity contribution in [3.63, 3.8) is 0 Å². The molecule has 1 aromatic heterocycles. The smallest absolute Gasteiger partial charge is 0.305 e. The summed E-state index contributed by atoms with van der Waals surface area (Å²) in [6.45, 7) is 7.33. The molecule has 106 heavy (non-hydrogen) atoms. The number of aliphatic hydroxyl groups is 2. The van der Waals surface area contributed by atoms with E-state index in [2.05, 4.69) is 63.1 Å². The number of aliphatic hydroxyl groups excluding tert-OH is 2. The van der Waals surface area contributed by atoms with Crippen molar-refractivity contribution in [2.75, 3.05) is 13.2 Å². The van der Waals surface area contributed by atoms with Crippen LogP contribution in [-0.4, -0.2) is 186 Å². The van der Waals surface area contributed by atoms with Gasteiger partial charge in [-0.1, -0.05) is 154 Å². The molecule has 31 nitrogen and oxygen atoms in total. The lowest BCUT2D eigenvalue weighted by Gasteiger charge is -2.34. The molecule has 11 amide bonds. The first-order chi connectivity index (χ1) is 50.4. The Morgan fingerprint density at radius 2 is 1.08 bits per heavy atom. The van der Waals surface area contributed by atoms with Crippen LogP contribution >= 0.6 is 0 Å². The summed E-state index contributed by atoms with van der Waals surface area (Å²) in [4.78, 5) is 183. The quantitative estimate of drug-likeness (QED) is 0.0242. The number of nitrogens with zero attached hydrogens (tertiary/aromatic N) is 1. The Bertz CT molecular complexity index is 4050. The number of benzene rings is 5. The molecule has 6 rings (SSSR count). The van der Waals surface area contributed by atoms with Crippen molar-refractivity contribution >= 4 is 76.9 Å². The maximum absolute atomic E-state index is 14.7. The fourth-order valence-electron chi connectivity index (χ4n) is 11.5. The predicted octanol–water partition coefficient (Wildman–Crippen LogP) is 0.0998. The second-order valence-electron chi connectivity index (χ2n) is 26.0. The minimum atomic E-state index is -2.06. The number of amides is 11.